The fourth-order valence-electron chi connectivity index (χ4n) is 2.37. The van der Waals surface area contributed by atoms with Crippen LogP contribution in [-0.2, 0) is 4.79 Å². The van der Waals surface area contributed by atoms with E-state index in [1.807, 2.05) is 60.7 Å². The average molecular weight is 333 g/mol. The second kappa shape index (κ2) is 8.56. The fourth-order valence-corrected chi connectivity index (χ4v) is 2.37. The Hall–Kier alpha value is -2.04. The number of nitrogens with one attached hydrogen (secondary N) is 2. The van der Waals surface area contributed by atoms with Crippen molar-refractivity contribution in [3.63, 3.8) is 0 Å². The van der Waals surface area contributed by atoms with Crippen LogP contribution in [0.1, 0.15) is 11.7 Å². The lowest BCUT2D eigenvalue weighted by Gasteiger charge is -2.28. The van der Waals surface area contributed by atoms with Crippen molar-refractivity contribution in [1.29, 1.82) is 0 Å². The topological polar surface area (TPSA) is 50.4 Å². The molecular weight excluding hydrogens is 312 g/mol. The summed E-state index contributed by atoms with van der Waals surface area (Å²) in [5, 5.41) is 6.20. The minimum Gasteiger partial charge on any atom is -0.476 e. The predicted octanol–water partition coefficient (Wildman–Crippen LogP) is 2.56. The van der Waals surface area contributed by atoms with Crippen LogP contribution in [-0.4, -0.2) is 25.5 Å². The minimum absolute atomic E-state index is 0. The van der Waals surface area contributed by atoms with E-state index < -0.39 is 6.10 Å². The number of ether oxygens (including phenoxy) is 1. The summed E-state index contributed by atoms with van der Waals surface area (Å²) in [5.74, 6) is 1.12. The Morgan fingerprint density at radius 2 is 1.70 bits per heavy atom. The third kappa shape index (κ3) is 4.71. The summed E-state index contributed by atoms with van der Waals surface area (Å²) in [5.41, 5.74) is 0.857. The summed E-state index contributed by atoms with van der Waals surface area (Å²) in [6.07, 6.45) is -0.628. The van der Waals surface area contributed by atoms with Gasteiger partial charge < -0.3 is 15.4 Å². The molecule has 1 heterocycles. The van der Waals surface area contributed by atoms with Gasteiger partial charge in [0.1, 0.15) is 5.75 Å². The number of carbonyl (C=O) groups excluding carboxylic acids is 1. The molecule has 0 aliphatic carbocycles. The van der Waals surface area contributed by atoms with Crippen LogP contribution in [0.5, 0.6) is 5.75 Å². The van der Waals surface area contributed by atoms with Gasteiger partial charge in [-0.15, -0.1) is 12.4 Å². The van der Waals surface area contributed by atoms with Crippen molar-refractivity contribution >= 4 is 18.3 Å². The number of hydrogen-bond acceptors (Lipinski definition) is 3. The van der Waals surface area contributed by atoms with Crippen LogP contribution in [0.2, 0.25) is 0 Å². The molecule has 5 heteroatoms. The summed E-state index contributed by atoms with van der Waals surface area (Å²) >= 11 is 0. The van der Waals surface area contributed by atoms with Crippen LogP contribution >= 0.6 is 12.4 Å². The van der Waals surface area contributed by atoms with Crippen molar-refractivity contribution in [2.45, 2.75) is 6.10 Å². The zero-order chi connectivity index (χ0) is 15.2. The van der Waals surface area contributed by atoms with Crippen LogP contribution in [0.3, 0.4) is 0 Å². The Bertz CT molecular complexity index is 603. The Morgan fingerprint density at radius 1 is 1.09 bits per heavy atom. The molecule has 1 amide bonds. The van der Waals surface area contributed by atoms with Crippen molar-refractivity contribution in [2.75, 3.05) is 19.6 Å². The predicted molar refractivity (Wildman–Crippen MR) is 92.9 cm³/mol. The summed E-state index contributed by atoms with van der Waals surface area (Å²) in [4.78, 5) is 12.5. The van der Waals surface area contributed by atoms with Gasteiger partial charge in [0.25, 0.3) is 5.91 Å². The third-order valence-corrected chi connectivity index (χ3v) is 3.77. The number of amides is 1. The first kappa shape index (κ1) is 17.3. The second-order valence-corrected chi connectivity index (χ2v) is 5.49. The molecule has 0 bridgehead atoms. The summed E-state index contributed by atoms with van der Waals surface area (Å²) in [7, 11) is 0. The molecule has 0 saturated carbocycles. The summed E-state index contributed by atoms with van der Waals surface area (Å²) in [6.45, 7) is 2.62. The highest BCUT2D eigenvalue weighted by molar-refractivity contribution is 5.85. The molecule has 1 unspecified atom stereocenters. The largest absolute Gasteiger partial charge is 0.476 e. The fraction of sp³-hybridized carbons (Fsp3) is 0.278. The van der Waals surface area contributed by atoms with Gasteiger partial charge in [0.15, 0.2) is 0 Å². The van der Waals surface area contributed by atoms with E-state index in [-0.39, 0.29) is 18.3 Å². The SMILES string of the molecule is Cl.O=C(NCC1CNC1)C(Oc1ccccc1)c1ccccc1. The smallest absolute Gasteiger partial charge is 0.265 e. The minimum atomic E-state index is -0.628. The highest BCUT2D eigenvalue weighted by Gasteiger charge is 2.24. The van der Waals surface area contributed by atoms with E-state index in [4.69, 9.17) is 4.74 Å². The van der Waals surface area contributed by atoms with Gasteiger partial charge in [-0.05, 0) is 12.1 Å². The van der Waals surface area contributed by atoms with Crippen LogP contribution in [0.4, 0.5) is 0 Å². The Morgan fingerprint density at radius 3 is 2.26 bits per heavy atom. The van der Waals surface area contributed by atoms with E-state index in [9.17, 15) is 4.79 Å². The Labute approximate surface area is 142 Å². The van der Waals surface area contributed by atoms with Gasteiger partial charge in [0, 0.05) is 31.1 Å². The maximum Gasteiger partial charge on any atom is 0.265 e. The van der Waals surface area contributed by atoms with Gasteiger partial charge in [0.2, 0.25) is 6.10 Å². The van der Waals surface area contributed by atoms with E-state index in [1.165, 1.54) is 0 Å². The first-order valence-electron chi connectivity index (χ1n) is 7.58. The normalized spacial score (nSPS) is 15.0. The van der Waals surface area contributed by atoms with Crippen LogP contribution < -0.4 is 15.4 Å². The zero-order valence-electron chi connectivity index (χ0n) is 12.8. The van der Waals surface area contributed by atoms with Gasteiger partial charge in [0.05, 0.1) is 0 Å². The molecule has 1 fully saturated rings. The highest BCUT2D eigenvalue weighted by Crippen LogP contribution is 2.22. The van der Waals surface area contributed by atoms with Crippen molar-refractivity contribution in [1.82, 2.24) is 10.6 Å². The van der Waals surface area contributed by atoms with Gasteiger partial charge in [-0.3, -0.25) is 4.79 Å². The molecule has 1 aliphatic rings. The van der Waals surface area contributed by atoms with Crippen LogP contribution in [0, 0.1) is 5.92 Å². The summed E-state index contributed by atoms with van der Waals surface area (Å²) < 4.78 is 5.92. The lowest BCUT2D eigenvalue weighted by atomic mass is 10.0. The van der Waals surface area contributed by atoms with Crippen molar-refractivity contribution < 1.29 is 9.53 Å². The quantitative estimate of drug-likeness (QED) is 0.854. The maximum absolute atomic E-state index is 12.5. The lowest BCUT2D eigenvalue weighted by molar-refractivity contribution is -0.128. The number of rotatable bonds is 6. The second-order valence-electron chi connectivity index (χ2n) is 5.49. The van der Waals surface area contributed by atoms with E-state index in [1.54, 1.807) is 0 Å². The van der Waals surface area contributed by atoms with Gasteiger partial charge in [-0.25, -0.2) is 0 Å². The first-order valence-corrected chi connectivity index (χ1v) is 7.58. The maximum atomic E-state index is 12.5. The van der Waals surface area contributed by atoms with Gasteiger partial charge >= 0.3 is 0 Å². The zero-order valence-corrected chi connectivity index (χ0v) is 13.6. The average Bonchev–Trinajstić information content (AvgIpc) is 2.53. The highest BCUT2D eigenvalue weighted by atomic mass is 35.5. The van der Waals surface area contributed by atoms with E-state index in [0.717, 1.165) is 18.7 Å². The standard InChI is InChI=1S/C18H20N2O2.ClH/c21-18(20-13-14-11-19-12-14)17(15-7-3-1-4-8-15)22-16-9-5-2-6-10-16;/h1-10,14,17,19H,11-13H2,(H,20,21);1H. The third-order valence-electron chi connectivity index (χ3n) is 3.77. The number of benzene rings is 2. The van der Waals surface area contributed by atoms with E-state index in [2.05, 4.69) is 10.6 Å². The molecule has 2 aromatic carbocycles. The monoisotopic (exact) mass is 332 g/mol. The van der Waals surface area contributed by atoms with E-state index in [0.29, 0.717) is 18.2 Å². The Kier molecular flexibility index (Phi) is 6.44. The molecule has 1 atom stereocenters. The molecule has 0 aromatic heterocycles. The number of hydrogen-bond donors (Lipinski definition) is 2. The molecule has 2 aromatic rings. The molecule has 3 rings (SSSR count). The van der Waals surface area contributed by atoms with Crippen molar-refractivity contribution in [2.24, 2.45) is 5.92 Å². The first-order chi connectivity index (χ1) is 10.8. The van der Waals surface area contributed by atoms with E-state index >= 15 is 0 Å². The van der Waals surface area contributed by atoms with Gasteiger partial charge in [-0.1, -0.05) is 48.5 Å². The van der Waals surface area contributed by atoms with Crippen molar-refractivity contribution in [3.8, 4) is 5.75 Å². The molecule has 23 heavy (non-hydrogen) atoms. The Balaban J connectivity index is 0.00000192. The lowest BCUT2D eigenvalue weighted by Crippen LogP contribution is -2.49. The molecular formula is C18H21ClN2O2. The number of para-hydroxylation sites is 1. The summed E-state index contributed by atoms with van der Waals surface area (Å²) in [6, 6.07) is 19.0. The molecule has 0 radical (unpaired) electrons. The molecule has 2 N–H and O–H groups in total. The van der Waals surface area contributed by atoms with Crippen LogP contribution in [0.15, 0.2) is 60.7 Å². The van der Waals surface area contributed by atoms with Gasteiger partial charge in [-0.2, -0.15) is 0 Å². The molecule has 0 spiro atoms. The number of halogens is 1. The molecule has 1 saturated heterocycles. The molecule has 122 valence electrons. The van der Waals surface area contributed by atoms with Crippen LogP contribution in [0.25, 0.3) is 0 Å². The molecule has 4 nitrogen and oxygen atoms in total. The molecule has 1 aliphatic heterocycles. The number of carbonyl (C=O) groups is 1. The van der Waals surface area contributed by atoms with Crippen molar-refractivity contribution in [3.05, 3.63) is 66.2 Å².